The SMILES string of the molecule is O=S(=O)(CC1CCCCC1)NCc1ccc(Br)s1. The van der Waals surface area contributed by atoms with Crippen molar-refractivity contribution in [3.05, 3.63) is 20.8 Å². The summed E-state index contributed by atoms with van der Waals surface area (Å²) in [5.41, 5.74) is 0. The van der Waals surface area contributed by atoms with E-state index >= 15 is 0 Å². The van der Waals surface area contributed by atoms with E-state index < -0.39 is 10.0 Å². The number of hydrogen-bond donors (Lipinski definition) is 1. The molecule has 1 N–H and O–H groups in total. The van der Waals surface area contributed by atoms with Crippen LogP contribution in [-0.2, 0) is 16.6 Å². The standard InChI is InChI=1S/C12H18BrNO2S2/c13-12-7-6-11(17-12)8-14-18(15,16)9-10-4-2-1-3-5-10/h6-7,10,14H,1-5,8-9H2. The van der Waals surface area contributed by atoms with E-state index in [0.717, 1.165) is 21.5 Å². The van der Waals surface area contributed by atoms with E-state index in [-0.39, 0.29) is 0 Å². The molecule has 1 aromatic heterocycles. The van der Waals surface area contributed by atoms with Crippen LogP contribution >= 0.6 is 27.3 Å². The lowest BCUT2D eigenvalue weighted by Gasteiger charge is -2.21. The molecule has 1 heterocycles. The maximum Gasteiger partial charge on any atom is 0.212 e. The maximum absolute atomic E-state index is 12.0. The van der Waals surface area contributed by atoms with Crippen LogP contribution < -0.4 is 4.72 Å². The third-order valence-corrected chi connectivity index (χ3v) is 6.39. The molecule has 0 spiro atoms. The Kier molecular flexibility index (Phi) is 5.24. The zero-order valence-electron chi connectivity index (χ0n) is 10.2. The molecule has 1 aliphatic rings. The van der Waals surface area contributed by atoms with E-state index in [1.54, 1.807) is 11.3 Å². The summed E-state index contributed by atoms with van der Waals surface area (Å²) in [6.45, 7) is 0.408. The van der Waals surface area contributed by atoms with Gasteiger partial charge in [0.15, 0.2) is 0 Å². The second-order valence-electron chi connectivity index (χ2n) is 4.81. The van der Waals surface area contributed by atoms with Gasteiger partial charge in [0.2, 0.25) is 10.0 Å². The van der Waals surface area contributed by atoms with Gasteiger partial charge in [0.25, 0.3) is 0 Å². The minimum atomic E-state index is -3.13. The van der Waals surface area contributed by atoms with Gasteiger partial charge in [-0.2, -0.15) is 0 Å². The van der Waals surface area contributed by atoms with E-state index in [2.05, 4.69) is 20.7 Å². The number of sulfonamides is 1. The molecule has 18 heavy (non-hydrogen) atoms. The summed E-state index contributed by atoms with van der Waals surface area (Å²) >= 11 is 4.94. The third-order valence-electron chi connectivity index (χ3n) is 3.28. The quantitative estimate of drug-likeness (QED) is 0.882. The average Bonchev–Trinajstić information content (AvgIpc) is 2.74. The van der Waals surface area contributed by atoms with Gasteiger partial charge in [-0.3, -0.25) is 0 Å². The molecule has 0 aromatic carbocycles. The molecule has 0 bridgehead atoms. The van der Waals surface area contributed by atoms with Gasteiger partial charge in [0, 0.05) is 11.4 Å². The van der Waals surface area contributed by atoms with Crippen LogP contribution in [0.5, 0.6) is 0 Å². The van der Waals surface area contributed by atoms with Crippen molar-refractivity contribution in [2.24, 2.45) is 5.92 Å². The third kappa shape index (κ3) is 4.64. The van der Waals surface area contributed by atoms with Crippen LogP contribution in [0.15, 0.2) is 15.9 Å². The van der Waals surface area contributed by atoms with Crippen LogP contribution in [0.4, 0.5) is 0 Å². The normalized spacial score (nSPS) is 18.1. The average molecular weight is 352 g/mol. The molecule has 0 aliphatic heterocycles. The van der Waals surface area contributed by atoms with Gasteiger partial charge in [0.05, 0.1) is 9.54 Å². The predicted octanol–water partition coefficient (Wildman–Crippen LogP) is 3.51. The molecule has 102 valence electrons. The zero-order chi connectivity index (χ0) is 13.0. The van der Waals surface area contributed by atoms with Crippen LogP contribution in [0.2, 0.25) is 0 Å². The molecule has 0 radical (unpaired) electrons. The number of thiophene rings is 1. The second kappa shape index (κ2) is 6.50. The lowest BCUT2D eigenvalue weighted by Crippen LogP contribution is -2.30. The molecule has 0 saturated heterocycles. The number of nitrogens with one attached hydrogen (secondary N) is 1. The summed E-state index contributed by atoms with van der Waals surface area (Å²) in [4.78, 5) is 1.04. The van der Waals surface area contributed by atoms with Crippen LogP contribution in [0.25, 0.3) is 0 Å². The molecule has 1 fully saturated rings. The fraction of sp³-hybridized carbons (Fsp3) is 0.667. The Morgan fingerprint density at radius 3 is 2.61 bits per heavy atom. The Hall–Kier alpha value is 0.0900. The van der Waals surface area contributed by atoms with Crippen molar-refractivity contribution in [2.75, 3.05) is 5.75 Å². The Morgan fingerprint density at radius 1 is 1.28 bits per heavy atom. The lowest BCUT2D eigenvalue weighted by molar-refractivity contribution is 0.384. The molecular formula is C12H18BrNO2S2. The van der Waals surface area contributed by atoms with Crippen molar-refractivity contribution in [1.82, 2.24) is 4.72 Å². The molecule has 1 aromatic rings. The highest BCUT2D eigenvalue weighted by Crippen LogP contribution is 2.25. The van der Waals surface area contributed by atoms with Gasteiger partial charge in [0.1, 0.15) is 0 Å². The molecular weight excluding hydrogens is 334 g/mol. The highest BCUT2D eigenvalue weighted by molar-refractivity contribution is 9.11. The van der Waals surface area contributed by atoms with Gasteiger partial charge >= 0.3 is 0 Å². The van der Waals surface area contributed by atoms with E-state index in [0.29, 0.717) is 18.2 Å². The first kappa shape index (κ1) is 14.5. The predicted molar refractivity (Wildman–Crippen MR) is 79.2 cm³/mol. The van der Waals surface area contributed by atoms with E-state index in [1.165, 1.54) is 19.3 Å². The Labute approximate surface area is 121 Å². The number of hydrogen-bond acceptors (Lipinski definition) is 3. The van der Waals surface area contributed by atoms with Crippen LogP contribution in [-0.4, -0.2) is 14.2 Å². The van der Waals surface area contributed by atoms with Crippen LogP contribution in [0.1, 0.15) is 37.0 Å². The highest BCUT2D eigenvalue weighted by Gasteiger charge is 2.21. The minimum Gasteiger partial charge on any atom is -0.212 e. The molecule has 0 atom stereocenters. The molecule has 3 nitrogen and oxygen atoms in total. The highest BCUT2D eigenvalue weighted by atomic mass is 79.9. The first-order valence-corrected chi connectivity index (χ1v) is 9.53. The lowest BCUT2D eigenvalue weighted by atomic mass is 9.91. The van der Waals surface area contributed by atoms with Gasteiger partial charge < -0.3 is 0 Å². The van der Waals surface area contributed by atoms with Crippen LogP contribution in [0, 0.1) is 5.92 Å². The Bertz CT molecular complexity index is 478. The van der Waals surface area contributed by atoms with Crippen molar-refractivity contribution >= 4 is 37.3 Å². The first-order chi connectivity index (χ1) is 8.55. The van der Waals surface area contributed by atoms with Crippen molar-refractivity contribution in [1.29, 1.82) is 0 Å². The smallest absolute Gasteiger partial charge is 0.212 e. The van der Waals surface area contributed by atoms with E-state index in [4.69, 9.17) is 0 Å². The number of rotatable bonds is 5. The van der Waals surface area contributed by atoms with Crippen molar-refractivity contribution in [3.8, 4) is 0 Å². The summed E-state index contributed by atoms with van der Waals surface area (Å²) in [5, 5.41) is 0. The molecule has 1 aliphatic carbocycles. The van der Waals surface area contributed by atoms with Gasteiger partial charge in [-0.15, -0.1) is 11.3 Å². The van der Waals surface area contributed by atoms with Crippen molar-refractivity contribution in [3.63, 3.8) is 0 Å². The molecule has 2 rings (SSSR count). The van der Waals surface area contributed by atoms with E-state index in [9.17, 15) is 8.42 Å². The summed E-state index contributed by atoms with van der Waals surface area (Å²) in [5.74, 6) is 0.644. The van der Waals surface area contributed by atoms with Gasteiger partial charge in [-0.05, 0) is 46.8 Å². The van der Waals surface area contributed by atoms with Crippen molar-refractivity contribution < 1.29 is 8.42 Å². The summed E-state index contributed by atoms with van der Waals surface area (Å²) < 4.78 is 27.7. The summed E-state index contributed by atoms with van der Waals surface area (Å²) in [6, 6.07) is 3.88. The maximum atomic E-state index is 12.0. The summed E-state index contributed by atoms with van der Waals surface area (Å²) in [7, 11) is -3.13. The van der Waals surface area contributed by atoms with Gasteiger partial charge in [-0.25, -0.2) is 13.1 Å². The fourth-order valence-corrected chi connectivity index (χ4v) is 5.31. The van der Waals surface area contributed by atoms with Crippen LogP contribution in [0.3, 0.4) is 0 Å². The number of halogens is 1. The second-order valence-corrected chi connectivity index (χ2v) is 9.21. The van der Waals surface area contributed by atoms with Gasteiger partial charge in [-0.1, -0.05) is 19.3 Å². The largest absolute Gasteiger partial charge is 0.212 e. The van der Waals surface area contributed by atoms with Crippen molar-refractivity contribution in [2.45, 2.75) is 38.6 Å². The first-order valence-electron chi connectivity index (χ1n) is 6.27. The topological polar surface area (TPSA) is 46.2 Å². The zero-order valence-corrected chi connectivity index (χ0v) is 13.4. The molecule has 0 amide bonds. The summed E-state index contributed by atoms with van der Waals surface area (Å²) in [6.07, 6.45) is 5.74. The molecule has 6 heteroatoms. The Balaban J connectivity index is 1.83. The minimum absolute atomic E-state index is 0.291. The molecule has 1 saturated carbocycles. The molecule has 0 unspecified atom stereocenters. The fourth-order valence-electron chi connectivity index (χ4n) is 2.35. The van der Waals surface area contributed by atoms with E-state index in [1.807, 2.05) is 12.1 Å². The Morgan fingerprint density at radius 2 is 2.00 bits per heavy atom. The monoisotopic (exact) mass is 351 g/mol.